The number of carbonyl (C=O) groups is 1. The summed E-state index contributed by atoms with van der Waals surface area (Å²) in [7, 11) is 0. The summed E-state index contributed by atoms with van der Waals surface area (Å²) in [4.78, 5) is 12.3. The van der Waals surface area contributed by atoms with Gasteiger partial charge in [-0.1, -0.05) is 35.9 Å². The number of benzene rings is 2. The Morgan fingerprint density at radius 3 is 2.50 bits per heavy atom. The first kappa shape index (κ1) is 15.8. The van der Waals surface area contributed by atoms with Gasteiger partial charge in [0.1, 0.15) is 11.6 Å². The van der Waals surface area contributed by atoms with Crippen LogP contribution >= 0.6 is 11.6 Å². The van der Waals surface area contributed by atoms with Crippen LogP contribution in [0.2, 0.25) is 5.02 Å². The largest absolute Gasteiger partial charge is 0.321 e. The van der Waals surface area contributed by atoms with E-state index < -0.39 is 5.91 Å². The molecular formula is C18H15ClN2O. The molecule has 0 unspecified atom stereocenters. The quantitative estimate of drug-likeness (QED) is 0.670. The lowest BCUT2D eigenvalue weighted by Gasteiger charge is -2.09. The Labute approximate surface area is 134 Å². The van der Waals surface area contributed by atoms with Gasteiger partial charge in [-0.25, -0.2) is 0 Å². The maximum Gasteiger partial charge on any atom is 0.266 e. The zero-order chi connectivity index (χ0) is 16.1. The van der Waals surface area contributed by atoms with Crippen molar-refractivity contribution in [1.82, 2.24) is 0 Å². The molecule has 0 aliphatic rings. The summed E-state index contributed by atoms with van der Waals surface area (Å²) in [5.74, 6) is -0.425. The Bertz CT molecular complexity index is 771. The zero-order valence-corrected chi connectivity index (χ0v) is 13.1. The number of hydrogen-bond donors (Lipinski definition) is 1. The highest BCUT2D eigenvalue weighted by Gasteiger charge is 2.11. The number of carbonyl (C=O) groups excluding carboxylic acids is 1. The molecule has 0 saturated heterocycles. The predicted octanol–water partition coefficient (Wildman–Crippen LogP) is 4.50. The van der Waals surface area contributed by atoms with Crippen molar-refractivity contribution in [3.8, 4) is 6.07 Å². The van der Waals surface area contributed by atoms with E-state index in [2.05, 4.69) is 5.32 Å². The van der Waals surface area contributed by atoms with Crippen LogP contribution in [0.25, 0.3) is 6.08 Å². The van der Waals surface area contributed by atoms with Crippen LogP contribution in [0.3, 0.4) is 0 Å². The Balaban J connectivity index is 2.24. The van der Waals surface area contributed by atoms with Gasteiger partial charge in [0.2, 0.25) is 0 Å². The summed E-state index contributed by atoms with van der Waals surface area (Å²) in [5, 5.41) is 12.6. The number of amides is 1. The molecule has 0 heterocycles. The smallest absolute Gasteiger partial charge is 0.266 e. The summed E-state index contributed by atoms with van der Waals surface area (Å²) in [6.07, 6.45) is 1.54. The van der Waals surface area contributed by atoms with Gasteiger partial charge in [0.25, 0.3) is 5.91 Å². The average Bonchev–Trinajstić information content (AvgIpc) is 2.51. The van der Waals surface area contributed by atoms with Crippen molar-refractivity contribution in [3.63, 3.8) is 0 Å². The lowest BCUT2D eigenvalue weighted by molar-refractivity contribution is -0.112. The average molecular weight is 311 g/mol. The first-order valence-corrected chi connectivity index (χ1v) is 7.14. The molecule has 0 aliphatic carbocycles. The Morgan fingerprint density at radius 1 is 1.18 bits per heavy atom. The molecule has 0 atom stereocenters. The van der Waals surface area contributed by atoms with Crippen LogP contribution in [-0.4, -0.2) is 5.91 Å². The van der Waals surface area contributed by atoms with Gasteiger partial charge >= 0.3 is 0 Å². The molecule has 1 N–H and O–H groups in total. The number of hydrogen-bond acceptors (Lipinski definition) is 2. The van der Waals surface area contributed by atoms with Gasteiger partial charge in [-0.3, -0.25) is 4.79 Å². The fourth-order valence-electron chi connectivity index (χ4n) is 1.95. The minimum atomic E-state index is -0.425. The van der Waals surface area contributed by atoms with Gasteiger partial charge in [-0.2, -0.15) is 5.26 Å². The van der Waals surface area contributed by atoms with Crippen LogP contribution in [-0.2, 0) is 4.79 Å². The molecule has 3 nitrogen and oxygen atoms in total. The van der Waals surface area contributed by atoms with Crippen molar-refractivity contribution in [2.24, 2.45) is 0 Å². The van der Waals surface area contributed by atoms with Gasteiger partial charge in [-0.05, 0) is 54.8 Å². The number of anilines is 1. The molecule has 4 heteroatoms. The van der Waals surface area contributed by atoms with E-state index >= 15 is 0 Å². The van der Waals surface area contributed by atoms with Crippen LogP contribution in [0.1, 0.15) is 16.7 Å². The standard InChI is InChI=1S/C18H15ClN2O/c1-12-4-3-5-17(13(12)2)21-18(22)15(11-20)10-14-6-8-16(19)9-7-14/h3-10H,1-2H3,(H,21,22)/b15-10-. The van der Waals surface area contributed by atoms with Crippen LogP contribution in [0.5, 0.6) is 0 Å². The molecule has 2 rings (SSSR count). The monoisotopic (exact) mass is 310 g/mol. The van der Waals surface area contributed by atoms with Crippen LogP contribution in [0, 0.1) is 25.2 Å². The fourth-order valence-corrected chi connectivity index (χ4v) is 2.08. The van der Waals surface area contributed by atoms with Crippen molar-refractivity contribution in [1.29, 1.82) is 5.26 Å². The lowest BCUT2D eigenvalue weighted by atomic mass is 10.1. The summed E-state index contributed by atoms with van der Waals surface area (Å²) in [5.41, 5.74) is 3.57. The highest BCUT2D eigenvalue weighted by atomic mass is 35.5. The van der Waals surface area contributed by atoms with Gasteiger partial charge in [0.15, 0.2) is 0 Å². The van der Waals surface area contributed by atoms with Gasteiger partial charge in [-0.15, -0.1) is 0 Å². The highest BCUT2D eigenvalue weighted by molar-refractivity contribution is 6.30. The third kappa shape index (κ3) is 3.75. The predicted molar refractivity (Wildman–Crippen MR) is 89.6 cm³/mol. The molecule has 22 heavy (non-hydrogen) atoms. The van der Waals surface area contributed by atoms with Crippen molar-refractivity contribution in [3.05, 3.63) is 69.8 Å². The van der Waals surface area contributed by atoms with E-state index in [-0.39, 0.29) is 5.57 Å². The fraction of sp³-hybridized carbons (Fsp3) is 0.111. The second-order valence-electron chi connectivity index (χ2n) is 4.92. The van der Waals surface area contributed by atoms with Crippen molar-refractivity contribution in [2.75, 3.05) is 5.32 Å². The molecule has 0 aromatic heterocycles. The topological polar surface area (TPSA) is 52.9 Å². The Morgan fingerprint density at radius 2 is 1.86 bits per heavy atom. The number of nitrogens with one attached hydrogen (secondary N) is 1. The van der Waals surface area contributed by atoms with E-state index in [9.17, 15) is 10.1 Å². The second-order valence-corrected chi connectivity index (χ2v) is 5.36. The first-order chi connectivity index (χ1) is 10.5. The van der Waals surface area contributed by atoms with Crippen molar-refractivity contribution < 1.29 is 4.79 Å². The van der Waals surface area contributed by atoms with E-state index in [1.54, 1.807) is 24.3 Å². The van der Waals surface area contributed by atoms with Gasteiger partial charge in [0.05, 0.1) is 0 Å². The molecular weight excluding hydrogens is 296 g/mol. The summed E-state index contributed by atoms with van der Waals surface area (Å²) >= 11 is 5.82. The van der Waals surface area contributed by atoms with Crippen LogP contribution in [0.15, 0.2) is 48.0 Å². The molecule has 0 radical (unpaired) electrons. The van der Waals surface area contributed by atoms with E-state index in [4.69, 9.17) is 11.6 Å². The number of halogens is 1. The Kier molecular flexibility index (Phi) is 4.98. The van der Waals surface area contributed by atoms with Crippen LogP contribution < -0.4 is 5.32 Å². The molecule has 2 aromatic carbocycles. The SMILES string of the molecule is Cc1cccc(NC(=O)/C(C#N)=C\c2ccc(Cl)cc2)c1C. The van der Waals surface area contributed by atoms with E-state index in [1.807, 2.05) is 38.1 Å². The van der Waals surface area contributed by atoms with Crippen molar-refractivity contribution >= 4 is 29.3 Å². The maximum atomic E-state index is 12.3. The first-order valence-electron chi connectivity index (χ1n) is 6.76. The van der Waals surface area contributed by atoms with E-state index in [0.717, 1.165) is 16.7 Å². The maximum absolute atomic E-state index is 12.3. The molecule has 110 valence electrons. The van der Waals surface area contributed by atoms with E-state index in [0.29, 0.717) is 10.7 Å². The minimum absolute atomic E-state index is 0.0447. The molecule has 0 aliphatic heterocycles. The summed E-state index contributed by atoms with van der Waals surface area (Å²) in [6, 6.07) is 14.5. The van der Waals surface area contributed by atoms with Crippen molar-refractivity contribution in [2.45, 2.75) is 13.8 Å². The third-order valence-electron chi connectivity index (χ3n) is 3.40. The van der Waals surface area contributed by atoms with Gasteiger partial charge in [0, 0.05) is 10.7 Å². The second kappa shape index (κ2) is 6.93. The normalized spacial score (nSPS) is 10.9. The highest BCUT2D eigenvalue weighted by Crippen LogP contribution is 2.19. The number of nitriles is 1. The number of aryl methyl sites for hydroxylation is 1. The molecule has 0 spiro atoms. The van der Waals surface area contributed by atoms with Gasteiger partial charge < -0.3 is 5.32 Å². The summed E-state index contributed by atoms with van der Waals surface area (Å²) < 4.78 is 0. The van der Waals surface area contributed by atoms with Crippen LogP contribution in [0.4, 0.5) is 5.69 Å². The third-order valence-corrected chi connectivity index (χ3v) is 3.65. The Hall–Kier alpha value is -2.57. The van der Waals surface area contributed by atoms with E-state index in [1.165, 1.54) is 6.08 Å². The molecule has 1 amide bonds. The molecule has 0 fully saturated rings. The minimum Gasteiger partial charge on any atom is -0.321 e. The summed E-state index contributed by atoms with van der Waals surface area (Å²) in [6.45, 7) is 3.90. The zero-order valence-electron chi connectivity index (χ0n) is 12.4. The molecule has 2 aromatic rings. The lowest BCUT2D eigenvalue weighted by Crippen LogP contribution is -2.14. The number of nitrogens with zero attached hydrogens (tertiary/aromatic N) is 1. The number of rotatable bonds is 3. The molecule has 0 bridgehead atoms. The molecule has 0 saturated carbocycles.